The van der Waals surface area contributed by atoms with Gasteiger partial charge in [-0.2, -0.15) is 0 Å². The van der Waals surface area contributed by atoms with Gasteiger partial charge in [-0.3, -0.25) is 10.4 Å². The predicted octanol–water partition coefficient (Wildman–Crippen LogP) is 4.33. The van der Waals surface area contributed by atoms with E-state index in [-0.39, 0.29) is 0 Å². The van der Waals surface area contributed by atoms with Crippen LogP contribution in [0.15, 0.2) is 64.4 Å². The molecule has 5 heteroatoms. The van der Waals surface area contributed by atoms with Crippen LogP contribution in [0.2, 0.25) is 0 Å². The summed E-state index contributed by atoms with van der Waals surface area (Å²) in [6, 6.07) is 8.94. The van der Waals surface area contributed by atoms with Gasteiger partial charge in [0.1, 0.15) is 6.34 Å². The second-order valence-corrected chi connectivity index (χ2v) is 7.19. The number of nitrogens with zero attached hydrogens (tertiary/aromatic N) is 2. The van der Waals surface area contributed by atoms with Gasteiger partial charge >= 0.3 is 0 Å². The van der Waals surface area contributed by atoms with Crippen molar-refractivity contribution in [2.45, 2.75) is 17.2 Å². The van der Waals surface area contributed by atoms with Crippen molar-refractivity contribution in [1.82, 2.24) is 15.4 Å². The van der Waals surface area contributed by atoms with E-state index in [0.717, 1.165) is 12.1 Å². The summed E-state index contributed by atoms with van der Waals surface area (Å²) in [6.45, 7) is 0. The molecule has 1 aromatic carbocycles. The third-order valence-electron chi connectivity index (χ3n) is 5.01. The summed E-state index contributed by atoms with van der Waals surface area (Å²) < 4.78 is 0. The van der Waals surface area contributed by atoms with Gasteiger partial charge in [0.15, 0.2) is 0 Å². The Kier molecular flexibility index (Phi) is 3.35. The first-order chi connectivity index (χ1) is 12.3. The lowest BCUT2D eigenvalue weighted by molar-refractivity contribution is 0.449. The minimum Gasteiger partial charge on any atom is -0.363 e. The van der Waals surface area contributed by atoms with Crippen LogP contribution in [-0.2, 0) is 0 Å². The summed E-state index contributed by atoms with van der Waals surface area (Å²) >= 11 is 1.78. The molecule has 4 nitrogen and oxygen atoms in total. The molecule has 124 valence electrons. The molecule has 0 fully saturated rings. The first kappa shape index (κ1) is 14.7. The number of nitrogens with one attached hydrogen (secondary N) is 2. The van der Waals surface area contributed by atoms with Gasteiger partial charge in [0, 0.05) is 33.8 Å². The molecule has 0 saturated heterocycles. The van der Waals surface area contributed by atoms with Crippen LogP contribution in [0, 0.1) is 0 Å². The number of H-pyrrole nitrogens is 1. The zero-order valence-electron chi connectivity index (χ0n) is 13.9. The first-order valence-corrected chi connectivity index (χ1v) is 9.59. The van der Waals surface area contributed by atoms with Gasteiger partial charge in [-0.1, -0.05) is 24.3 Å². The van der Waals surface area contributed by atoms with Crippen LogP contribution in [0.4, 0.5) is 0 Å². The lowest BCUT2D eigenvalue weighted by Crippen LogP contribution is -2.36. The van der Waals surface area contributed by atoms with E-state index in [1.165, 1.54) is 33.0 Å². The van der Waals surface area contributed by atoms with E-state index in [1.807, 2.05) is 6.20 Å². The molecule has 1 unspecified atom stereocenters. The van der Waals surface area contributed by atoms with Crippen molar-refractivity contribution in [2.24, 2.45) is 4.99 Å². The van der Waals surface area contributed by atoms with Gasteiger partial charge in [-0.05, 0) is 36.4 Å². The maximum atomic E-state index is 4.21. The largest absolute Gasteiger partial charge is 0.363 e. The monoisotopic (exact) mass is 346 g/mol. The second-order valence-electron chi connectivity index (χ2n) is 6.31. The average Bonchev–Trinajstić information content (AvgIpc) is 3.03. The van der Waals surface area contributed by atoms with Gasteiger partial charge in [-0.25, -0.2) is 4.99 Å². The van der Waals surface area contributed by atoms with E-state index >= 15 is 0 Å². The van der Waals surface area contributed by atoms with Crippen molar-refractivity contribution in [2.75, 3.05) is 6.26 Å². The van der Waals surface area contributed by atoms with E-state index in [0.29, 0.717) is 5.92 Å². The summed E-state index contributed by atoms with van der Waals surface area (Å²) in [6.07, 6.45) is 15.4. The highest BCUT2D eigenvalue weighted by atomic mass is 32.2. The molecule has 2 aliphatic heterocycles. The van der Waals surface area contributed by atoms with Crippen LogP contribution in [0.25, 0.3) is 11.8 Å². The quantitative estimate of drug-likeness (QED) is 0.796. The second kappa shape index (κ2) is 5.70. The molecule has 0 radical (unpaired) electrons. The molecule has 1 atom stereocenters. The van der Waals surface area contributed by atoms with Crippen molar-refractivity contribution >= 4 is 29.9 Å². The lowest BCUT2D eigenvalue weighted by Gasteiger charge is -2.32. The van der Waals surface area contributed by atoms with Gasteiger partial charge in [-0.15, -0.1) is 11.8 Å². The molecular weight excluding hydrogens is 328 g/mol. The van der Waals surface area contributed by atoms with Gasteiger partial charge in [0.05, 0.1) is 17.6 Å². The molecule has 3 heterocycles. The van der Waals surface area contributed by atoms with Gasteiger partial charge in [0.25, 0.3) is 0 Å². The summed E-state index contributed by atoms with van der Waals surface area (Å²) in [4.78, 5) is 9.05. The van der Waals surface area contributed by atoms with E-state index in [1.54, 1.807) is 18.1 Å². The topological polar surface area (TPSA) is 43.4 Å². The normalized spacial score (nSPS) is 20.2. The fraction of sp³-hybridized carbons (Fsp3) is 0.150. The molecule has 0 bridgehead atoms. The van der Waals surface area contributed by atoms with E-state index in [9.17, 15) is 0 Å². The number of hydrogen-bond donors (Lipinski definition) is 2. The number of rotatable bonds is 2. The van der Waals surface area contributed by atoms with E-state index < -0.39 is 0 Å². The standard InChI is InChI=1S/C20H18N4S/c1-25-16-6-3-13(4-7-16)17-8-9-18-19-14(10-22-20(17)19)2-5-15-11-21-12-23-24(15)18/h2-7,9-12,17,22H,8H2,1H3,(H,21,23). The minimum atomic E-state index is 0.362. The number of fused-ring (bicyclic) bond motifs is 2. The number of hydrazine groups is 1. The Morgan fingerprint density at radius 1 is 1.20 bits per heavy atom. The highest BCUT2D eigenvalue weighted by molar-refractivity contribution is 7.98. The summed E-state index contributed by atoms with van der Waals surface area (Å²) in [5, 5.41) is 2.11. The Balaban J connectivity index is 1.60. The minimum absolute atomic E-state index is 0.362. The summed E-state index contributed by atoms with van der Waals surface area (Å²) in [7, 11) is 0. The average molecular weight is 346 g/mol. The Morgan fingerprint density at radius 2 is 2.08 bits per heavy atom. The molecule has 2 N–H and O–H groups in total. The Morgan fingerprint density at radius 3 is 2.92 bits per heavy atom. The van der Waals surface area contributed by atoms with E-state index in [4.69, 9.17) is 0 Å². The number of aromatic nitrogens is 1. The number of aliphatic imine (C=N–C) groups is 1. The van der Waals surface area contributed by atoms with Crippen LogP contribution in [-0.4, -0.2) is 22.6 Å². The molecule has 3 aliphatic rings. The SMILES string of the molecule is CSc1ccc(C2CC=C3c4c(c[nH]c42)C=CC2=CN=CNN23)cc1. The van der Waals surface area contributed by atoms with Crippen LogP contribution in [0.1, 0.15) is 34.7 Å². The van der Waals surface area contributed by atoms with Crippen LogP contribution >= 0.6 is 11.8 Å². The molecule has 5 rings (SSSR count). The van der Waals surface area contributed by atoms with Crippen LogP contribution in [0.5, 0.6) is 0 Å². The molecule has 0 saturated carbocycles. The zero-order chi connectivity index (χ0) is 16.8. The maximum Gasteiger partial charge on any atom is 0.107 e. The molecule has 0 spiro atoms. The number of allylic oxidation sites excluding steroid dienone is 2. The predicted molar refractivity (Wildman–Crippen MR) is 104 cm³/mol. The fourth-order valence-corrected chi connectivity index (χ4v) is 4.19. The number of thioether (sulfide) groups is 1. The van der Waals surface area contributed by atoms with Crippen molar-refractivity contribution < 1.29 is 0 Å². The highest BCUT2D eigenvalue weighted by Gasteiger charge is 2.31. The van der Waals surface area contributed by atoms with Gasteiger partial charge < -0.3 is 4.98 Å². The molecule has 1 aliphatic carbocycles. The van der Waals surface area contributed by atoms with Crippen molar-refractivity contribution in [3.05, 3.63) is 76.9 Å². The Labute approximate surface area is 151 Å². The molecular formula is C20H18N4S. The summed E-state index contributed by atoms with van der Waals surface area (Å²) in [5.74, 6) is 0.362. The fourth-order valence-electron chi connectivity index (χ4n) is 3.78. The van der Waals surface area contributed by atoms with Crippen LogP contribution in [0.3, 0.4) is 0 Å². The zero-order valence-corrected chi connectivity index (χ0v) is 14.7. The number of hydrogen-bond acceptors (Lipinski definition) is 4. The summed E-state index contributed by atoms with van der Waals surface area (Å²) in [5.41, 5.74) is 10.7. The molecule has 25 heavy (non-hydrogen) atoms. The third-order valence-corrected chi connectivity index (χ3v) is 5.76. The van der Waals surface area contributed by atoms with Crippen molar-refractivity contribution in [3.8, 4) is 0 Å². The number of benzene rings is 1. The molecule has 0 amide bonds. The van der Waals surface area contributed by atoms with Crippen molar-refractivity contribution in [1.29, 1.82) is 0 Å². The van der Waals surface area contributed by atoms with Gasteiger partial charge in [0.2, 0.25) is 0 Å². The Hall–Kier alpha value is -2.66. The lowest BCUT2D eigenvalue weighted by atomic mass is 9.84. The Bertz CT molecular complexity index is 947. The molecule has 1 aromatic heterocycles. The third kappa shape index (κ3) is 2.27. The van der Waals surface area contributed by atoms with E-state index in [2.05, 4.69) is 75.4 Å². The molecule has 2 aromatic rings. The smallest absolute Gasteiger partial charge is 0.107 e. The first-order valence-electron chi connectivity index (χ1n) is 8.37. The maximum absolute atomic E-state index is 4.21. The number of aromatic amines is 1. The van der Waals surface area contributed by atoms with Crippen LogP contribution < -0.4 is 5.43 Å². The van der Waals surface area contributed by atoms with Crippen molar-refractivity contribution in [3.63, 3.8) is 0 Å². The highest BCUT2D eigenvalue weighted by Crippen LogP contribution is 2.43.